The lowest BCUT2D eigenvalue weighted by molar-refractivity contribution is 0.0266. The van der Waals surface area contributed by atoms with Gasteiger partial charge in [0, 0.05) is 15.7 Å². The predicted octanol–water partition coefficient (Wildman–Crippen LogP) is 8.90. The summed E-state index contributed by atoms with van der Waals surface area (Å²) in [6, 6.07) is 5.26. The summed E-state index contributed by atoms with van der Waals surface area (Å²) in [7, 11) is -3.92. The van der Waals surface area contributed by atoms with Gasteiger partial charge in [0.2, 0.25) is 0 Å². The van der Waals surface area contributed by atoms with Crippen LogP contribution in [0.3, 0.4) is 0 Å². The molecule has 2 N–H and O–H groups in total. The van der Waals surface area contributed by atoms with Crippen molar-refractivity contribution in [2.45, 2.75) is 84.2 Å². The van der Waals surface area contributed by atoms with Crippen LogP contribution >= 0.6 is 22.6 Å². The van der Waals surface area contributed by atoms with Crippen LogP contribution in [0.2, 0.25) is 36.3 Å². The van der Waals surface area contributed by atoms with Gasteiger partial charge in [-0.05, 0) is 89.5 Å². The van der Waals surface area contributed by atoms with Crippen LogP contribution in [0.15, 0.2) is 29.4 Å². The van der Waals surface area contributed by atoms with E-state index >= 15 is 8.78 Å². The predicted molar refractivity (Wildman–Crippen MR) is 187 cm³/mol. The number of amides is 1. The Bertz CT molecular complexity index is 1350. The third-order valence-electron chi connectivity index (χ3n) is 8.20. The van der Waals surface area contributed by atoms with Gasteiger partial charge < -0.3 is 19.0 Å². The fourth-order valence-electron chi connectivity index (χ4n) is 3.31. The number of hydroxylamine groups is 1. The molecular weight excluding hydrogens is 734 g/mol. The van der Waals surface area contributed by atoms with Crippen molar-refractivity contribution < 1.29 is 36.5 Å². The third kappa shape index (κ3) is 11.3. The number of rotatable bonds is 15. The van der Waals surface area contributed by atoms with Gasteiger partial charge in [0.05, 0.1) is 36.4 Å². The van der Waals surface area contributed by atoms with Gasteiger partial charge in [-0.25, -0.2) is 18.7 Å². The van der Waals surface area contributed by atoms with Crippen molar-refractivity contribution in [1.82, 2.24) is 5.48 Å². The highest BCUT2D eigenvalue weighted by Gasteiger charge is 2.37. The molecule has 0 aliphatic carbocycles. The molecule has 2 aromatic carbocycles. The smallest absolute Gasteiger partial charge is 0.277 e. The van der Waals surface area contributed by atoms with E-state index in [1.807, 2.05) is 22.6 Å². The maximum Gasteiger partial charge on any atom is 0.277 e. The summed E-state index contributed by atoms with van der Waals surface area (Å²) in [4.78, 5) is 23.7. The van der Waals surface area contributed by atoms with Crippen LogP contribution in [-0.2, 0) is 18.5 Å². The molecule has 8 nitrogen and oxygen atoms in total. The minimum Gasteiger partial charge on any atom is -0.417 e. The number of hydrogen-bond acceptors (Lipinski definition) is 7. The van der Waals surface area contributed by atoms with Crippen LogP contribution in [0.4, 0.5) is 24.5 Å². The molecule has 0 aliphatic rings. The lowest BCUT2D eigenvalue weighted by Gasteiger charge is -2.36. The average Bonchev–Trinajstić information content (AvgIpc) is 2.91. The number of oxime groups is 1. The molecule has 252 valence electrons. The number of benzene rings is 2. The molecular formula is C31H47F3IN3O5Si2. The van der Waals surface area contributed by atoms with E-state index in [1.165, 1.54) is 12.1 Å². The van der Waals surface area contributed by atoms with E-state index in [1.54, 1.807) is 6.07 Å². The number of carbonyl (C=O) groups excluding carboxylic acids is 1. The minimum absolute atomic E-state index is 0.0208. The Balaban J connectivity index is 2.19. The summed E-state index contributed by atoms with van der Waals surface area (Å²) >= 11 is 1.93. The number of carbonyl (C=O) groups is 1. The fourth-order valence-corrected chi connectivity index (χ4v) is 5.88. The molecule has 2 aromatic rings. The van der Waals surface area contributed by atoms with Crippen LogP contribution in [0, 0.1) is 21.0 Å². The molecule has 0 unspecified atom stereocenters. The largest absolute Gasteiger partial charge is 0.417 e. The maximum atomic E-state index is 15.4. The summed E-state index contributed by atoms with van der Waals surface area (Å²) in [6.45, 7) is 22.2. The molecule has 0 spiro atoms. The SMILES string of the molecule is CC(C)(C)[Si](C)(C)OCCCONC(=O)c1cc(C=NOCCO[Si](C)(C)C(C)(C)C)c(F)c(F)c1Nc1ccc(I)cc1F. The second-order valence-corrected chi connectivity index (χ2v) is 24.5. The Morgan fingerprint density at radius 3 is 2.07 bits per heavy atom. The van der Waals surface area contributed by atoms with E-state index in [4.69, 9.17) is 18.5 Å². The summed E-state index contributed by atoms with van der Waals surface area (Å²) in [5.41, 5.74) is 0.890. The Labute approximate surface area is 281 Å². The topological polar surface area (TPSA) is 90.4 Å². The van der Waals surface area contributed by atoms with Crippen molar-refractivity contribution in [2.24, 2.45) is 5.16 Å². The van der Waals surface area contributed by atoms with E-state index < -0.39 is 45.7 Å². The number of nitrogens with one attached hydrogen (secondary N) is 2. The molecule has 14 heteroatoms. The molecule has 0 aliphatic heterocycles. The van der Waals surface area contributed by atoms with Gasteiger partial charge in [-0.1, -0.05) is 46.7 Å². The van der Waals surface area contributed by atoms with E-state index in [-0.39, 0.29) is 46.7 Å². The van der Waals surface area contributed by atoms with E-state index in [2.05, 4.69) is 83.7 Å². The normalized spacial score (nSPS) is 12.9. The van der Waals surface area contributed by atoms with Crippen molar-refractivity contribution in [3.63, 3.8) is 0 Å². The first-order valence-corrected chi connectivity index (χ1v) is 21.7. The molecule has 0 atom stereocenters. The first-order chi connectivity index (χ1) is 20.7. The zero-order valence-electron chi connectivity index (χ0n) is 27.9. The summed E-state index contributed by atoms with van der Waals surface area (Å²) < 4.78 is 57.9. The third-order valence-corrected chi connectivity index (χ3v) is 18.0. The molecule has 1 amide bonds. The first-order valence-electron chi connectivity index (χ1n) is 14.8. The Kier molecular flexibility index (Phi) is 14.1. The van der Waals surface area contributed by atoms with Crippen molar-refractivity contribution in [3.8, 4) is 0 Å². The second-order valence-electron chi connectivity index (χ2n) is 13.7. The van der Waals surface area contributed by atoms with E-state index in [0.717, 1.165) is 12.3 Å². The number of anilines is 2. The van der Waals surface area contributed by atoms with Crippen molar-refractivity contribution in [2.75, 3.05) is 31.7 Å². The zero-order valence-corrected chi connectivity index (χ0v) is 32.1. The standard InChI is InChI=1S/C31H47F3IN3O5Si2/c1-30(2,3)44(7,8)42-15-11-14-41-38-29(39)23-18-21(20-36-40-16-17-43-45(9,10)31(4,5)6)26(33)27(34)28(23)37-25-13-12-22(35)19-24(25)32/h12-13,18-20,37H,11,14-17H2,1-10H3,(H,38,39). The Morgan fingerprint density at radius 1 is 0.889 bits per heavy atom. The van der Waals surface area contributed by atoms with Crippen LogP contribution < -0.4 is 10.8 Å². The maximum absolute atomic E-state index is 15.4. The summed E-state index contributed by atoms with van der Waals surface area (Å²) in [5.74, 6) is -4.27. The number of nitrogens with zero attached hydrogens (tertiary/aromatic N) is 1. The first kappa shape index (κ1) is 39.2. The lowest BCUT2D eigenvalue weighted by Crippen LogP contribution is -2.41. The van der Waals surface area contributed by atoms with Gasteiger partial charge in [0.25, 0.3) is 5.91 Å². The van der Waals surface area contributed by atoms with Gasteiger partial charge in [0.1, 0.15) is 12.4 Å². The van der Waals surface area contributed by atoms with Gasteiger partial charge in [-0.2, -0.15) is 0 Å². The van der Waals surface area contributed by atoms with Crippen molar-refractivity contribution in [3.05, 3.63) is 56.4 Å². The fraction of sp³-hybridized carbons (Fsp3) is 0.548. The van der Waals surface area contributed by atoms with Crippen molar-refractivity contribution in [1.29, 1.82) is 0 Å². The van der Waals surface area contributed by atoms with Crippen molar-refractivity contribution >= 4 is 62.7 Å². The number of halogens is 4. The lowest BCUT2D eigenvalue weighted by atomic mass is 10.1. The molecule has 0 saturated carbocycles. The van der Waals surface area contributed by atoms with Gasteiger partial charge in [0.15, 0.2) is 28.3 Å². The average molecular weight is 782 g/mol. The summed E-state index contributed by atoms with van der Waals surface area (Å²) in [5, 5.41) is 6.34. The van der Waals surface area contributed by atoms with E-state index in [0.29, 0.717) is 16.6 Å². The molecule has 0 bridgehead atoms. The Hall–Kier alpha value is -1.99. The highest BCUT2D eigenvalue weighted by molar-refractivity contribution is 14.1. The summed E-state index contributed by atoms with van der Waals surface area (Å²) in [6.07, 6.45) is 1.47. The van der Waals surface area contributed by atoms with Crippen LogP contribution in [0.1, 0.15) is 63.9 Å². The van der Waals surface area contributed by atoms with Crippen LogP contribution in [0.25, 0.3) is 0 Å². The molecule has 0 heterocycles. The Morgan fingerprint density at radius 2 is 1.49 bits per heavy atom. The van der Waals surface area contributed by atoms with Crippen LogP contribution in [-0.4, -0.2) is 55.2 Å². The van der Waals surface area contributed by atoms with E-state index in [9.17, 15) is 9.18 Å². The molecule has 0 saturated heterocycles. The second kappa shape index (κ2) is 16.2. The minimum atomic E-state index is -1.98. The van der Waals surface area contributed by atoms with Gasteiger partial charge >= 0.3 is 0 Å². The highest BCUT2D eigenvalue weighted by Crippen LogP contribution is 2.37. The molecule has 0 aromatic heterocycles. The molecule has 45 heavy (non-hydrogen) atoms. The molecule has 0 fully saturated rings. The van der Waals surface area contributed by atoms with Gasteiger partial charge in [-0.15, -0.1) is 0 Å². The highest BCUT2D eigenvalue weighted by atomic mass is 127. The zero-order chi connectivity index (χ0) is 34.2. The quantitative estimate of drug-likeness (QED) is 0.0617. The molecule has 2 rings (SSSR count). The number of hydrogen-bond donors (Lipinski definition) is 2. The monoisotopic (exact) mass is 781 g/mol. The molecule has 0 radical (unpaired) electrons. The van der Waals surface area contributed by atoms with Gasteiger partial charge in [-0.3, -0.25) is 9.63 Å². The van der Waals surface area contributed by atoms with Crippen LogP contribution in [0.5, 0.6) is 0 Å².